The van der Waals surface area contributed by atoms with E-state index in [0.29, 0.717) is 29.8 Å². The number of hydrogen-bond acceptors (Lipinski definition) is 8. The number of anilines is 1. The molecule has 3 aromatic rings. The Kier molecular flexibility index (Phi) is 6.94. The third kappa shape index (κ3) is 6.29. The van der Waals surface area contributed by atoms with Crippen molar-refractivity contribution < 1.29 is 9.84 Å². The maximum Gasteiger partial charge on any atom is 0.166 e. The average molecular weight is 464 g/mol. The molecule has 4 heterocycles. The van der Waals surface area contributed by atoms with Crippen molar-refractivity contribution in [2.24, 2.45) is 0 Å². The van der Waals surface area contributed by atoms with E-state index in [4.69, 9.17) is 15.5 Å². The third-order valence-corrected chi connectivity index (χ3v) is 6.68. The number of likely N-dealkylation sites (tertiary alicyclic amines) is 1. The van der Waals surface area contributed by atoms with Gasteiger partial charge in [-0.25, -0.2) is 15.0 Å². The number of ether oxygens (including phenoxy) is 1. The zero-order valence-corrected chi connectivity index (χ0v) is 20.0. The third-order valence-electron chi connectivity index (χ3n) is 5.47. The summed E-state index contributed by atoms with van der Waals surface area (Å²) in [6.07, 6.45) is 7.65. The van der Waals surface area contributed by atoms with E-state index in [1.54, 1.807) is 37.6 Å². The second kappa shape index (κ2) is 9.87. The van der Waals surface area contributed by atoms with E-state index in [9.17, 15) is 5.11 Å². The van der Waals surface area contributed by atoms with E-state index in [0.717, 1.165) is 41.9 Å². The predicted octanol–water partition coefficient (Wildman–Crippen LogP) is 3.69. The van der Waals surface area contributed by atoms with E-state index < -0.39 is 5.60 Å². The first-order valence-corrected chi connectivity index (χ1v) is 11.8. The molecule has 3 aromatic heterocycles. The van der Waals surface area contributed by atoms with Gasteiger partial charge in [0.25, 0.3) is 0 Å². The summed E-state index contributed by atoms with van der Waals surface area (Å²) in [6.45, 7) is 5.80. The van der Waals surface area contributed by atoms with E-state index in [1.807, 2.05) is 24.4 Å². The second-order valence-corrected chi connectivity index (χ2v) is 9.96. The van der Waals surface area contributed by atoms with Crippen LogP contribution < -0.4 is 10.5 Å². The van der Waals surface area contributed by atoms with Crippen LogP contribution in [0.5, 0.6) is 5.75 Å². The summed E-state index contributed by atoms with van der Waals surface area (Å²) in [5.74, 6) is 7.05. The predicted molar refractivity (Wildman–Crippen MR) is 131 cm³/mol. The lowest BCUT2D eigenvalue weighted by Gasteiger charge is -2.27. The molecular weight excluding hydrogens is 434 g/mol. The van der Waals surface area contributed by atoms with E-state index in [1.165, 1.54) is 5.01 Å². The Morgan fingerprint density at radius 2 is 2.00 bits per heavy atom. The Hall–Kier alpha value is -2.99. The van der Waals surface area contributed by atoms with E-state index in [-0.39, 0.29) is 0 Å². The van der Waals surface area contributed by atoms with E-state index in [2.05, 4.69) is 33.8 Å². The van der Waals surface area contributed by atoms with Crippen LogP contribution in [-0.2, 0) is 6.61 Å². The summed E-state index contributed by atoms with van der Waals surface area (Å²) in [5, 5.41) is 11.0. The Balaban J connectivity index is 1.46. The smallest absolute Gasteiger partial charge is 0.166 e. The lowest BCUT2D eigenvalue weighted by atomic mass is 9.98. The quantitative estimate of drug-likeness (QED) is 0.557. The lowest BCUT2D eigenvalue weighted by molar-refractivity contribution is 0.143. The van der Waals surface area contributed by atoms with Crippen molar-refractivity contribution in [3.63, 3.8) is 0 Å². The number of pyridine rings is 2. The number of nitrogens with two attached hydrogens (primary N) is 1. The first kappa shape index (κ1) is 23.2. The van der Waals surface area contributed by atoms with Gasteiger partial charge >= 0.3 is 0 Å². The molecule has 1 fully saturated rings. The van der Waals surface area contributed by atoms with Crippen molar-refractivity contribution in [3.05, 3.63) is 53.1 Å². The molecule has 4 rings (SSSR count). The van der Waals surface area contributed by atoms with Crippen molar-refractivity contribution in [2.45, 2.75) is 44.8 Å². The first-order valence-electron chi connectivity index (χ1n) is 11.0. The van der Waals surface area contributed by atoms with Crippen LogP contribution in [0, 0.1) is 11.8 Å². The lowest BCUT2D eigenvalue weighted by Crippen LogP contribution is -2.29. The van der Waals surface area contributed by atoms with Gasteiger partial charge in [-0.3, -0.25) is 0 Å². The van der Waals surface area contributed by atoms with Gasteiger partial charge in [-0.15, -0.1) is 11.3 Å². The van der Waals surface area contributed by atoms with Gasteiger partial charge in [-0.1, -0.05) is 5.92 Å². The molecule has 0 atom stereocenters. The number of piperidine rings is 1. The van der Waals surface area contributed by atoms with Gasteiger partial charge in [-0.05, 0) is 76.5 Å². The SMILES string of the molecule is CN1CCC(c2ncc(-c3cnc(N)c(OCc4ccnc(C#CC(C)(C)O)c4)c3)s2)CC1. The molecular formula is C25H29N5O2S. The van der Waals surface area contributed by atoms with Crippen molar-refractivity contribution >= 4 is 17.2 Å². The van der Waals surface area contributed by atoms with Crippen LogP contribution in [-0.4, -0.2) is 50.7 Å². The minimum atomic E-state index is -1.07. The minimum Gasteiger partial charge on any atom is -0.485 e. The Bertz CT molecular complexity index is 1170. The highest BCUT2D eigenvalue weighted by Crippen LogP contribution is 2.36. The number of aliphatic hydroxyl groups is 1. The standard InChI is InChI=1S/C25H29N5O2S/c1-25(2,31)8-4-20-12-17(5-9-27-20)16-32-21-13-19(14-28-23(21)26)22-15-29-24(33-22)18-6-10-30(3)11-7-18/h5,9,12-15,18,31H,6-7,10-11,16H2,1-3H3,(H2,26,28). The molecule has 172 valence electrons. The monoisotopic (exact) mass is 463 g/mol. The number of hydrogen-bond donors (Lipinski definition) is 2. The summed E-state index contributed by atoms with van der Waals surface area (Å²) in [6, 6.07) is 5.62. The largest absolute Gasteiger partial charge is 0.485 e. The van der Waals surface area contributed by atoms with Crippen LogP contribution in [0.25, 0.3) is 10.4 Å². The number of nitrogen functional groups attached to an aromatic ring is 1. The summed E-state index contributed by atoms with van der Waals surface area (Å²) in [4.78, 5) is 16.7. The molecule has 8 heteroatoms. The topological polar surface area (TPSA) is 97.4 Å². The number of aromatic nitrogens is 3. The highest BCUT2D eigenvalue weighted by atomic mass is 32.1. The van der Waals surface area contributed by atoms with Crippen LogP contribution in [0.3, 0.4) is 0 Å². The number of nitrogens with zero attached hydrogens (tertiary/aromatic N) is 4. The van der Waals surface area contributed by atoms with Gasteiger partial charge in [0.15, 0.2) is 11.6 Å². The van der Waals surface area contributed by atoms with Gasteiger partial charge in [-0.2, -0.15) is 0 Å². The van der Waals surface area contributed by atoms with Crippen LogP contribution in [0.15, 0.2) is 36.8 Å². The summed E-state index contributed by atoms with van der Waals surface area (Å²) >= 11 is 1.72. The zero-order valence-electron chi connectivity index (χ0n) is 19.2. The first-order chi connectivity index (χ1) is 15.8. The van der Waals surface area contributed by atoms with Crippen LogP contribution >= 0.6 is 11.3 Å². The molecule has 0 aromatic carbocycles. The Morgan fingerprint density at radius 3 is 2.76 bits per heavy atom. The van der Waals surface area contributed by atoms with Crippen molar-refractivity contribution in [2.75, 3.05) is 25.9 Å². The molecule has 1 aliphatic heterocycles. The van der Waals surface area contributed by atoms with Gasteiger partial charge in [0, 0.05) is 30.1 Å². The Morgan fingerprint density at radius 1 is 1.21 bits per heavy atom. The molecule has 1 aliphatic rings. The molecule has 0 bridgehead atoms. The molecule has 3 N–H and O–H groups in total. The molecule has 33 heavy (non-hydrogen) atoms. The molecule has 0 amide bonds. The summed E-state index contributed by atoms with van der Waals surface area (Å²) < 4.78 is 5.99. The number of rotatable bonds is 5. The molecule has 0 saturated carbocycles. The van der Waals surface area contributed by atoms with Crippen LogP contribution in [0.1, 0.15) is 48.9 Å². The fourth-order valence-corrected chi connectivity index (χ4v) is 4.65. The molecule has 0 aliphatic carbocycles. The van der Waals surface area contributed by atoms with Gasteiger partial charge < -0.3 is 20.5 Å². The molecule has 0 unspecified atom stereocenters. The zero-order chi connectivity index (χ0) is 23.4. The molecule has 1 saturated heterocycles. The average Bonchev–Trinajstić information content (AvgIpc) is 3.28. The van der Waals surface area contributed by atoms with Gasteiger partial charge in [0.1, 0.15) is 17.9 Å². The minimum absolute atomic E-state index is 0.304. The molecule has 7 nitrogen and oxygen atoms in total. The van der Waals surface area contributed by atoms with Crippen LogP contribution in [0.4, 0.5) is 5.82 Å². The maximum atomic E-state index is 9.78. The highest BCUT2D eigenvalue weighted by Gasteiger charge is 2.21. The summed E-state index contributed by atoms with van der Waals surface area (Å²) in [7, 11) is 2.17. The normalized spacial score (nSPS) is 15.2. The Labute approximate surface area is 198 Å². The fourth-order valence-electron chi connectivity index (χ4n) is 3.58. The fraction of sp³-hybridized carbons (Fsp3) is 0.400. The van der Waals surface area contributed by atoms with Crippen molar-refractivity contribution in [1.29, 1.82) is 0 Å². The highest BCUT2D eigenvalue weighted by molar-refractivity contribution is 7.15. The number of thiazole rings is 1. The summed E-state index contributed by atoms with van der Waals surface area (Å²) in [5.41, 5.74) is 7.43. The van der Waals surface area contributed by atoms with Crippen molar-refractivity contribution in [3.8, 4) is 28.0 Å². The second-order valence-electron chi connectivity index (χ2n) is 8.89. The van der Waals surface area contributed by atoms with Crippen LogP contribution in [0.2, 0.25) is 0 Å². The maximum absolute atomic E-state index is 9.78. The molecule has 0 radical (unpaired) electrons. The molecule has 0 spiro atoms. The van der Waals surface area contributed by atoms with Crippen molar-refractivity contribution in [1.82, 2.24) is 19.9 Å². The van der Waals surface area contributed by atoms with Gasteiger partial charge in [0.05, 0.1) is 9.88 Å². The van der Waals surface area contributed by atoms with Gasteiger partial charge in [0.2, 0.25) is 0 Å². The van der Waals surface area contributed by atoms with E-state index >= 15 is 0 Å².